The Balaban J connectivity index is 2.13. The summed E-state index contributed by atoms with van der Waals surface area (Å²) in [6.07, 6.45) is 0. The second-order valence-corrected chi connectivity index (χ2v) is 5.54. The SMILES string of the molecule is Cc1nc(C(C)C)ccc1-c1cccc2c1CNC2=O. The molecule has 0 unspecified atom stereocenters. The summed E-state index contributed by atoms with van der Waals surface area (Å²) >= 11 is 0. The first kappa shape index (κ1) is 12.9. The molecule has 0 radical (unpaired) electrons. The van der Waals surface area contributed by atoms with E-state index in [2.05, 4.69) is 42.3 Å². The Morgan fingerprint density at radius 3 is 2.55 bits per heavy atom. The average molecular weight is 266 g/mol. The van der Waals surface area contributed by atoms with Crippen molar-refractivity contribution >= 4 is 5.91 Å². The number of amides is 1. The fraction of sp³-hybridized carbons (Fsp3) is 0.294. The van der Waals surface area contributed by atoms with Gasteiger partial charge in [0.15, 0.2) is 0 Å². The van der Waals surface area contributed by atoms with Crippen molar-refractivity contribution in [2.75, 3.05) is 0 Å². The van der Waals surface area contributed by atoms with Crippen molar-refractivity contribution in [3.8, 4) is 11.1 Å². The van der Waals surface area contributed by atoms with Crippen LogP contribution in [0.25, 0.3) is 11.1 Å². The number of benzene rings is 1. The van der Waals surface area contributed by atoms with Gasteiger partial charge in [0.2, 0.25) is 0 Å². The van der Waals surface area contributed by atoms with Crippen LogP contribution in [0.15, 0.2) is 30.3 Å². The fourth-order valence-electron chi connectivity index (χ4n) is 2.69. The van der Waals surface area contributed by atoms with Crippen molar-refractivity contribution in [1.82, 2.24) is 10.3 Å². The molecule has 3 heteroatoms. The van der Waals surface area contributed by atoms with Crippen LogP contribution >= 0.6 is 0 Å². The van der Waals surface area contributed by atoms with E-state index in [4.69, 9.17) is 0 Å². The molecular weight excluding hydrogens is 248 g/mol. The quantitative estimate of drug-likeness (QED) is 0.905. The fourth-order valence-corrected chi connectivity index (χ4v) is 2.69. The van der Waals surface area contributed by atoms with Gasteiger partial charge in [-0.1, -0.05) is 32.0 Å². The molecule has 20 heavy (non-hydrogen) atoms. The number of carbonyl (C=O) groups excluding carboxylic acids is 1. The molecule has 0 saturated heterocycles. The summed E-state index contributed by atoms with van der Waals surface area (Å²) in [6.45, 7) is 6.93. The van der Waals surface area contributed by atoms with Crippen molar-refractivity contribution in [2.45, 2.75) is 33.2 Å². The number of nitrogens with one attached hydrogen (secondary N) is 1. The summed E-state index contributed by atoms with van der Waals surface area (Å²) < 4.78 is 0. The van der Waals surface area contributed by atoms with Crippen LogP contribution < -0.4 is 5.32 Å². The van der Waals surface area contributed by atoms with Crippen molar-refractivity contribution in [1.29, 1.82) is 0 Å². The van der Waals surface area contributed by atoms with E-state index in [9.17, 15) is 4.79 Å². The Labute approximate surface area is 119 Å². The Morgan fingerprint density at radius 1 is 1.10 bits per heavy atom. The molecule has 102 valence electrons. The predicted octanol–water partition coefficient (Wildman–Crippen LogP) is 3.42. The van der Waals surface area contributed by atoms with Crippen molar-refractivity contribution in [3.05, 3.63) is 52.8 Å². The molecule has 0 bridgehead atoms. The maximum Gasteiger partial charge on any atom is 0.251 e. The molecule has 1 N–H and O–H groups in total. The minimum atomic E-state index is 0.0197. The molecule has 0 atom stereocenters. The highest BCUT2D eigenvalue weighted by atomic mass is 16.1. The van der Waals surface area contributed by atoms with Crippen LogP contribution in [-0.2, 0) is 6.54 Å². The Bertz CT molecular complexity index is 689. The number of pyridine rings is 1. The van der Waals surface area contributed by atoms with E-state index < -0.39 is 0 Å². The lowest BCUT2D eigenvalue weighted by Crippen LogP contribution is -2.12. The lowest BCUT2D eigenvalue weighted by molar-refractivity contribution is 0.0966. The van der Waals surface area contributed by atoms with E-state index in [1.807, 2.05) is 19.1 Å². The molecule has 3 rings (SSSR count). The predicted molar refractivity (Wildman–Crippen MR) is 79.7 cm³/mol. The Morgan fingerprint density at radius 2 is 1.85 bits per heavy atom. The van der Waals surface area contributed by atoms with Crippen LogP contribution in [0.1, 0.15) is 47.1 Å². The third-order valence-electron chi connectivity index (χ3n) is 3.84. The summed E-state index contributed by atoms with van der Waals surface area (Å²) in [7, 11) is 0. The summed E-state index contributed by atoms with van der Waals surface area (Å²) in [4.78, 5) is 16.4. The number of carbonyl (C=O) groups is 1. The van der Waals surface area contributed by atoms with E-state index in [1.165, 1.54) is 0 Å². The zero-order valence-electron chi connectivity index (χ0n) is 12.0. The van der Waals surface area contributed by atoms with Crippen molar-refractivity contribution in [2.24, 2.45) is 0 Å². The molecule has 1 aliphatic heterocycles. The standard InChI is InChI=1S/C17H18N2O/c1-10(2)16-8-7-12(11(3)19-16)13-5-4-6-14-15(13)9-18-17(14)20/h4-8,10H,9H2,1-3H3,(H,18,20). The van der Waals surface area contributed by atoms with E-state index in [0.717, 1.165) is 33.6 Å². The lowest BCUT2D eigenvalue weighted by Gasteiger charge is -2.12. The number of fused-ring (bicyclic) bond motifs is 1. The number of aryl methyl sites for hydroxylation is 1. The molecule has 3 nitrogen and oxygen atoms in total. The third-order valence-corrected chi connectivity index (χ3v) is 3.84. The molecule has 2 heterocycles. The highest BCUT2D eigenvalue weighted by Crippen LogP contribution is 2.31. The number of hydrogen-bond acceptors (Lipinski definition) is 2. The highest BCUT2D eigenvalue weighted by molar-refractivity contribution is 6.00. The largest absolute Gasteiger partial charge is 0.348 e. The van der Waals surface area contributed by atoms with Crippen LogP contribution in [-0.4, -0.2) is 10.9 Å². The molecule has 1 aliphatic rings. The first-order valence-corrected chi connectivity index (χ1v) is 6.96. The van der Waals surface area contributed by atoms with Crippen LogP contribution in [0.3, 0.4) is 0 Å². The molecule has 1 aromatic carbocycles. The van der Waals surface area contributed by atoms with Gasteiger partial charge in [0.25, 0.3) is 5.91 Å². The van der Waals surface area contributed by atoms with Gasteiger partial charge in [0.05, 0.1) is 0 Å². The van der Waals surface area contributed by atoms with Crippen molar-refractivity contribution < 1.29 is 4.79 Å². The topological polar surface area (TPSA) is 42.0 Å². The Kier molecular flexibility index (Phi) is 3.05. The van der Waals surface area contributed by atoms with Gasteiger partial charge in [-0.3, -0.25) is 9.78 Å². The molecule has 0 fully saturated rings. The maximum atomic E-state index is 11.8. The van der Waals surface area contributed by atoms with Crippen molar-refractivity contribution in [3.63, 3.8) is 0 Å². The maximum absolute atomic E-state index is 11.8. The van der Waals surface area contributed by atoms with E-state index >= 15 is 0 Å². The second kappa shape index (κ2) is 4.75. The molecule has 0 saturated carbocycles. The van der Waals surface area contributed by atoms with Crippen LogP contribution in [0.5, 0.6) is 0 Å². The van der Waals surface area contributed by atoms with E-state index in [1.54, 1.807) is 0 Å². The van der Waals surface area contributed by atoms with Gasteiger partial charge in [-0.05, 0) is 36.1 Å². The van der Waals surface area contributed by atoms with Gasteiger partial charge in [-0.25, -0.2) is 0 Å². The normalized spacial score (nSPS) is 13.5. The van der Waals surface area contributed by atoms with Gasteiger partial charge in [0, 0.05) is 29.1 Å². The zero-order valence-corrected chi connectivity index (χ0v) is 12.0. The number of rotatable bonds is 2. The first-order chi connectivity index (χ1) is 9.58. The minimum absolute atomic E-state index is 0.0197. The molecule has 2 aromatic rings. The van der Waals surface area contributed by atoms with E-state index in [-0.39, 0.29) is 5.91 Å². The van der Waals surface area contributed by atoms with Crippen LogP contribution in [0, 0.1) is 6.92 Å². The highest BCUT2D eigenvalue weighted by Gasteiger charge is 2.22. The monoisotopic (exact) mass is 266 g/mol. The summed E-state index contributed by atoms with van der Waals surface area (Å²) in [5.41, 5.74) is 6.22. The third kappa shape index (κ3) is 1.99. The zero-order chi connectivity index (χ0) is 14.3. The van der Waals surface area contributed by atoms with Crippen LogP contribution in [0.4, 0.5) is 0 Å². The van der Waals surface area contributed by atoms with Gasteiger partial charge in [0.1, 0.15) is 0 Å². The summed E-state index contributed by atoms with van der Waals surface area (Å²) in [5, 5.41) is 2.88. The average Bonchev–Trinajstić information content (AvgIpc) is 2.81. The second-order valence-electron chi connectivity index (χ2n) is 5.54. The molecule has 0 spiro atoms. The number of hydrogen-bond donors (Lipinski definition) is 1. The summed E-state index contributed by atoms with van der Waals surface area (Å²) in [6, 6.07) is 10.1. The van der Waals surface area contributed by atoms with Gasteiger partial charge in [-0.2, -0.15) is 0 Å². The molecule has 1 amide bonds. The minimum Gasteiger partial charge on any atom is -0.348 e. The molecular formula is C17H18N2O. The first-order valence-electron chi connectivity index (χ1n) is 6.96. The van der Waals surface area contributed by atoms with Gasteiger partial charge >= 0.3 is 0 Å². The van der Waals surface area contributed by atoms with Gasteiger partial charge in [-0.15, -0.1) is 0 Å². The van der Waals surface area contributed by atoms with Crippen LogP contribution in [0.2, 0.25) is 0 Å². The summed E-state index contributed by atoms with van der Waals surface area (Å²) in [5.74, 6) is 0.443. The van der Waals surface area contributed by atoms with E-state index in [0.29, 0.717) is 12.5 Å². The lowest BCUT2D eigenvalue weighted by atomic mass is 9.95. The smallest absolute Gasteiger partial charge is 0.251 e. The van der Waals surface area contributed by atoms with Gasteiger partial charge < -0.3 is 5.32 Å². The molecule has 1 aromatic heterocycles. The number of nitrogens with zero attached hydrogens (tertiary/aromatic N) is 1. The number of aromatic nitrogens is 1. The molecule has 0 aliphatic carbocycles. The Hall–Kier alpha value is -2.16.